The van der Waals surface area contributed by atoms with Crippen LogP contribution in [-0.4, -0.2) is 49.1 Å². The average molecular weight is 525 g/mol. The fraction of sp³-hybridized carbons (Fsp3) is 0.565. The van der Waals surface area contributed by atoms with Crippen LogP contribution >= 0.6 is 24.0 Å². The minimum absolute atomic E-state index is 0. The second-order valence-corrected chi connectivity index (χ2v) is 8.11. The van der Waals surface area contributed by atoms with E-state index in [1.807, 2.05) is 20.9 Å². The Morgan fingerprint density at radius 2 is 1.90 bits per heavy atom. The number of benzene rings is 1. The first-order chi connectivity index (χ1) is 14.0. The Morgan fingerprint density at radius 1 is 1.20 bits per heavy atom. The molecular formula is C23H36IN5O. The molecule has 1 fully saturated rings. The van der Waals surface area contributed by atoms with E-state index in [1.165, 1.54) is 18.4 Å². The zero-order valence-electron chi connectivity index (χ0n) is 18.6. The van der Waals surface area contributed by atoms with Gasteiger partial charge < -0.3 is 15.1 Å². The van der Waals surface area contributed by atoms with Crippen LogP contribution in [0.2, 0.25) is 0 Å². The topological polar surface area (TPSA) is 65.7 Å². The third-order valence-corrected chi connectivity index (χ3v) is 5.86. The van der Waals surface area contributed by atoms with E-state index >= 15 is 0 Å². The fourth-order valence-electron chi connectivity index (χ4n) is 3.76. The maximum absolute atomic E-state index is 5.73. The highest BCUT2D eigenvalue weighted by Crippen LogP contribution is 2.19. The second kappa shape index (κ2) is 12.3. The van der Waals surface area contributed by atoms with Crippen molar-refractivity contribution in [3.8, 4) is 0 Å². The van der Waals surface area contributed by atoms with Gasteiger partial charge in [0.25, 0.3) is 0 Å². The van der Waals surface area contributed by atoms with E-state index in [0.717, 1.165) is 56.0 Å². The zero-order valence-corrected chi connectivity index (χ0v) is 21.0. The Hall–Kier alpha value is -1.61. The molecule has 1 aliphatic rings. The SMILES string of the molecule is CN=C(NCC1CCN(Cc2nc(C)c(C)o2)CC1)NCC(C)c1ccccc1.I. The van der Waals surface area contributed by atoms with Crippen LogP contribution in [0.15, 0.2) is 39.7 Å². The molecule has 0 amide bonds. The van der Waals surface area contributed by atoms with Crippen molar-refractivity contribution >= 4 is 29.9 Å². The Balaban J connectivity index is 0.00000320. The summed E-state index contributed by atoms with van der Waals surface area (Å²) < 4.78 is 5.73. The van der Waals surface area contributed by atoms with E-state index in [9.17, 15) is 0 Å². The molecule has 30 heavy (non-hydrogen) atoms. The minimum Gasteiger partial charge on any atom is -0.444 e. The number of guanidine groups is 1. The predicted molar refractivity (Wildman–Crippen MR) is 134 cm³/mol. The van der Waals surface area contributed by atoms with Crippen LogP contribution in [0.4, 0.5) is 0 Å². The highest BCUT2D eigenvalue weighted by atomic mass is 127. The molecule has 166 valence electrons. The molecule has 1 saturated heterocycles. The molecule has 2 N–H and O–H groups in total. The number of hydrogen-bond donors (Lipinski definition) is 2. The molecule has 7 heteroatoms. The van der Waals surface area contributed by atoms with E-state index < -0.39 is 0 Å². The summed E-state index contributed by atoms with van der Waals surface area (Å²) in [5, 5.41) is 6.97. The molecule has 1 aromatic heterocycles. The maximum Gasteiger partial charge on any atom is 0.208 e. The molecule has 0 aliphatic carbocycles. The molecule has 2 aromatic rings. The summed E-state index contributed by atoms with van der Waals surface area (Å²) in [7, 11) is 1.84. The number of oxazole rings is 1. The molecule has 0 saturated carbocycles. The number of hydrogen-bond acceptors (Lipinski definition) is 4. The summed E-state index contributed by atoms with van der Waals surface area (Å²) >= 11 is 0. The smallest absolute Gasteiger partial charge is 0.208 e. The van der Waals surface area contributed by atoms with Gasteiger partial charge in [0.05, 0.1) is 12.2 Å². The summed E-state index contributed by atoms with van der Waals surface area (Å²) in [6, 6.07) is 10.6. The van der Waals surface area contributed by atoms with Gasteiger partial charge in [-0.25, -0.2) is 4.98 Å². The van der Waals surface area contributed by atoms with Crippen LogP contribution in [-0.2, 0) is 6.54 Å². The quantitative estimate of drug-likeness (QED) is 0.324. The number of piperidine rings is 1. The molecule has 0 spiro atoms. The lowest BCUT2D eigenvalue weighted by molar-refractivity contribution is 0.164. The number of aliphatic imine (C=N–C) groups is 1. The average Bonchev–Trinajstić information content (AvgIpc) is 3.06. The molecule has 3 rings (SSSR count). The van der Waals surface area contributed by atoms with Crippen LogP contribution in [0.5, 0.6) is 0 Å². The third-order valence-electron chi connectivity index (χ3n) is 5.86. The first-order valence-corrected chi connectivity index (χ1v) is 10.7. The van der Waals surface area contributed by atoms with Crippen LogP contribution in [0, 0.1) is 19.8 Å². The predicted octanol–water partition coefficient (Wildman–Crippen LogP) is 4.09. The van der Waals surface area contributed by atoms with Crippen LogP contribution in [0.3, 0.4) is 0 Å². The van der Waals surface area contributed by atoms with Gasteiger partial charge >= 0.3 is 0 Å². The summed E-state index contributed by atoms with van der Waals surface area (Å²) in [4.78, 5) is 11.3. The Kier molecular flexibility index (Phi) is 10.1. The Bertz CT molecular complexity index is 765. The number of halogens is 1. The summed E-state index contributed by atoms with van der Waals surface area (Å²) in [5.41, 5.74) is 2.35. The lowest BCUT2D eigenvalue weighted by Crippen LogP contribution is -2.43. The Labute approximate surface area is 198 Å². The van der Waals surface area contributed by atoms with Crippen molar-refractivity contribution in [2.24, 2.45) is 10.9 Å². The molecule has 1 aliphatic heterocycles. The number of rotatable bonds is 7. The number of likely N-dealkylation sites (tertiary alicyclic amines) is 1. The van der Waals surface area contributed by atoms with Crippen molar-refractivity contribution in [3.63, 3.8) is 0 Å². The van der Waals surface area contributed by atoms with E-state index in [4.69, 9.17) is 4.42 Å². The molecule has 1 unspecified atom stereocenters. The van der Waals surface area contributed by atoms with E-state index in [-0.39, 0.29) is 24.0 Å². The normalized spacial score (nSPS) is 16.7. The molecule has 0 radical (unpaired) electrons. The van der Waals surface area contributed by atoms with E-state index in [1.54, 1.807) is 0 Å². The van der Waals surface area contributed by atoms with Gasteiger partial charge in [0.1, 0.15) is 5.76 Å². The number of nitrogens with zero attached hydrogens (tertiary/aromatic N) is 3. The highest BCUT2D eigenvalue weighted by Gasteiger charge is 2.21. The monoisotopic (exact) mass is 525 g/mol. The Morgan fingerprint density at radius 3 is 2.50 bits per heavy atom. The summed E-state index contributed by atoms with van der Waals surface area (Å²) in [6.45, 7) is 11.0. The van der Waals surface area contributed by atoms with E-state index in [2.05, 4.69) is 62.8 Å². The molecule has 6 nitrogen and oxygen atoms in total. The van der Waals surface area contributed by atoms with Crippen LogP contribution < -0.4 is 10.6 Å². The summed E-state index contributed by atoms with van der Waals surface area (Å²) in [6.07, 6.45) is 2.37. The van der Waals surface area contributed by atoms with Crippen LogP contribution in [0.1, 0.15) is 48.6 Å². The molecule has 2 heterocycles. The van der Waals surface area contributed by atoms with Crippen molar-refractivity contribution in [2.75, 3.05) is 33.2 Å². The van der Waals surface area contributed by atoms with Gasteiger partial charge in [-0.1, -0.05) is 37.3 Å². The molecule has 1 atom stereocenters. The zero-order chi connectivity index (χ0) is 20.6. The van der Waals surface area contributed by atoms with Gasteiger partial charge in [0.2, 0.25) is 5.89 Å². The van der Waals surface area contributed by atoms with Gasteiger partial charge in [-0.2, -0.15) is 0 Å². The van der Waals surface area contributed by atoms with Gasteiger partial charge in [0, 0.05) is 20.1 Å². The largest absolute Gasteiger partial charge is 0.444 e. The first-order valence-electron chi connectivity index (χ1n) is 10.7. The first kappa shape index (κ1) is 24.7. The number of nitrogens with one attached hydrogen (secondary N) is 2. The van der Waals surface area contributed by atoms with Crippen molar-refractivity contribution in [1.82, 2.24) is 20.5 Å². The lowest BCUT2D eigenvalue weighted by Gasteiger charge is -2.31. The fourth-order valence-corrected chi connectivity index (χ4v) is 3.76. The standard InChI is InChI=1S/C23H35N5O.HI/c1-17(21-8-6-5-7-9-21)14-25-23(24-4)26-15-20-10-12-28(13-11-20)16-22-27-18(2)19(3)29-22;/h5-9,17,20H,10-16H2,1-4H3,(H2,24,25,26);1H. The van der Waals surface area contributed by atoms with Crippen molar-refractivity contribution in [2.45, 2.75) is 46.1 Å². The molecular weight excluding hydrogens is 489 g/mol. The van der Waals surface area contributed by atoms with Crippen molar-refractivity contribution in [3.05, 3.63) is 53.2 Å². The van der Waals surface area contributed by atoms with Gasteiger partial charge in [-0.15, -0.1) is 24.0 Å². The third kappa shape index (κ3) is 7.27. The van der Waals surface area contributed by atoms with Gasteiger partial charge in [-0.05, 0) is 57.2 Å². The molecule has 0 bridgehead atoms. The van der Waals surface area contributed by atoms with E-state index in [0.29, 0.717) is 11.8 Å². The minimum atomic E-state index is 0. The molecule has 1 aromatic carbocycles. The maximum atomic E-state index is 5.73. The highest BCUT2D eigenvalue weighted by molar-refractivity contribution is 14.0. The van der Waals surface area contributed by atoms with Gasteiger partial charge in [0.15, 0.2) is 5.96 Å². The summed E-state index contributed by atoms with van der Waals surface area (Å²) in [5.74, 6) is 3.78. The second-order valence-electron chi connectivity index (χ2n) is 8.11. The van der Waals surface area contributed by atoms with Crippen LogP contribution in [0.25, 0.3) is 0 Å². The number of aryl methyl sites for hydroxylation is 2. The van der Waals surface area contributed by atoms with Crippen molar-refractivity contribution < 1.29 is 4.42 Å². The van der Waals surface area contributed by atoms with Crippen molar-refractivity contribution in [1.29, 1.82) is 0 Å². The number of aromatic nitrogens is 1. The lowest BCUT2D eigenvalue weighted by atomic mass is 9.97. The van der Waals surface area contributed by atoms with Gasteiger partial charge in [-0.3, -0.25) is 9.89 Å².